The van der Waals surface area contributed by atoms with Crippen LogP contribution in [0.4, 0.5) is 0 Å². The summed E-state index contributed by atoms with van der Waals surface area (Å²) in [4.78, 5) is 6.01. The van der Waals surface area contributed by atoms with E-state index in [0.717, 1.165) is 17.9 Å². The molecule has 2 heterocycles. The number of aromatic nitrogens is 3. The van der Waals surface area contributed by atoms with Gasteiger partial charge in [0.05, 0.1) is 16.4 Å². The predicted octanol–water partition coefficient (Wildman–Crippen LogP) is 3.39. The maximum absolute atomic E-state index is 4.71. The Labute approximate surface area is 124 Å². The summed E-state index contributed by atoms with van der Waals surface area (Å²) in [6, 6.07) is 4.16. The molecule has 1 N–H and O–H groups in total. The van der Waals surface area contributed by atoms with Crippen LogP contribution >= 0.6 is 11.3 Å². The molecule has 2 aromatic rings. The highest BCUT2D eigenvalue weighted by Crippen LogP contribution is 2.32. The molecule has 0 amide bonds. The van der Waals surface area contributed by atoms with Crippen molar-refractivity contribution in [2.75, 3.05) is 0 Å². The van der Waals surface area contributed by atoms with Gasteiger partial charge in [-0.15, -0.1) is 11.3 Å². The highest BCUT2D eigenvalue weighted by atomic mass is 32.1. The molecule has 0 bridgehead atoms. The minimum absolute atomic E-state index is 0.109. The maximum atomic E-state index is 4.71. The van der Waals surface area contributed by atoms with Crippen LogP contribution < -0.4 is 5.32 Å². The second-order valence-corrected chi connectivity index (χ2v) is 7.07. The Hall–Kier alpha value is -1.33. The van der Waals surface area contributed by atoms with Crippen LogP contribution in [0.1, 0.15) is 55.0 Å². The fraction of sp³-hybridized carbons (Fsp3) is 0.533. The molecule has 1 unspecified atom stereocenters. The zero-order valence-corrected chi connectivity index (χ0v) is 13.6. The second-order valence-electron chi connectivity index (χ2n) is 6.04. The zero-order chi connectivity index (χ0) is 14.8. The SMILES string of the molecule is Cc1nc(C(C)(C)C)sc1C(C)NCc1cccnn1. The van der Waals surface area contributed by atoms with Crippen molar-refractivity contribution < 1.29 is 0 Å². The molecule has 0 aliphatic carbocycles. The molecule has 0 saturated carbocycles. The van der Waals surface area contributed by atoms with Gasteiger partial charge in [-0.2, -0.15) is 10.2 Å². The van der Waals surface area contributed by atoms with Crippen LogP contribution in [0.2, 0.25) is 0 Å². The van der Waals surface area contributed by atoms with E-state index in [9.17, 15) is 0 Å². The summed E-state index contributed by atoms with van der Waals surface area (Å²) in [5.41, 5.74) is 2.19. The Morgan fingerprint density at radius 2 is 2.10 bits per heavy atom. The molecule has 0 saturated heterocycles. The average molecular weight is 290 g/mol. The molecule has 2 rings (SSSR count). The van der Waals surface area contributed by atoms with Crippen molar-refractivity contribution in [3.05, 3.63) is 39.6 Å². The second kappa shape index (κ2) is 5.97. The van der Waals surface area contributed by atoms with Crippen molar-refractivity contribution in [1.29, 1.82) is 0 Å². The first-order valence-corrected chi connectivity index (χ1v) is 7.67. The highest BCUT2D eigenvalue weighted by molar-refractivity contribution is 7.12. The summed E-state index contributed by atoms with van der Waals surface area (Å²) in [6.45, 7) is 11.6. The molecule has 0 fully saturated rings. The van der Waals surface area contributed by atoms with Crippen LogP contribution in [0, 0.1) is 6.92 Å². The average Bonchev–Trinajstić information content (AvgIpc) is 2.79. The summed E-state index contributed by atoms with van der Waals surface area (Å²) < 4.78 is 0. The van der Waals surface area contributed by atoms with E-state index < -0.39 is 0 Å². The number of thiazole rings is 1. The Balaban J connectivity index is 2.06. The van der Waals surface area contributed by atoms with Crippen molar-refractivity contribution in [3.8, 4) is 0 Å². The predicted molar refractivity (Wildman–Crippen MR) is 82.8 cm³/mol. The van der Waals surface area contributed by atoms with Crippen molar-refractivity contribution in [1.82, 2.24) is 20.5 Å². The summed E-state index contributed by atoms with van der Waals surface area (Å²) in [6.07, 6.45) is 1.69. The minimum Gasteiger partial charge on any atom is -0.304 e. The molecule has 108 valence electrons. The summed E-state index contributed by atoms with van der Waals surface area (Å²) >= 11 is 1.80. The van der Waals surface area contributed by atoms with Gasteiger partial charge in [0.15, 0.2) is 0 Å². The van der Waals surface area contributed by atoms with Gasteiger partial charge in [-0.05, 0) is 26.0 Å². The molecule has 4 nitrogen and oxygen atoms in total. The molecule has 1 atom stereocenters. The first-order valence-electron chi connectivity index (χ1n) is 6.85. The first-order chi connectivity index (χ1) is 9.38. The van der Waals surface area contributed by atoms with Crippen LogP contribution in [-0.4, -0.2) is 15.2 Å². The van der Waals surface area contributed by atoms with Gasteiger partial charge in [0, 0.05) is 29.1 Å². The molecule has 0 aromatic carbocycles. The summed E-state index contributed by atoms with van der Waals surface area (Å²) in [5.74, 6) is 0. The fourth-order valence-corrected chi connectivity index (χ4v) is 3.06. The van der Waals surface area contributed by atoms with Gasteiger partial charge in [0.1, 0.15) is 0 Å². The molecule has 5 heteroatoms. The molecule has 20 heavy (non-hydrogen) atoms. The monoisotopic (exact) mass is 290 g/mol. The lowest BCUT2D eigenvalue weighted by Gasteiger charge is -2.14. The Morgan fingerprint density at radius 1 is 1.35 bits per heavy atom. The number of rotatable bonds is 4. The number of hydrogen-bond acceptors (Lipinski definition) is 5. The third-order valence-electron chi connectivity index (χ3n) is 3.08. The molecule has 0 radical (unpaired) electrons. The summed E-state index contributed by atoms with van der Waals surface area (Å²) in [7, 11) is 0. The lowest BCUT2D eigenvalue weighted by Crippen LogP contribution is -2.18. The lowest BCUT2D eigenvalue weighted by atomic mass is 9.98. The Bertz CT molecular complexity index is 557. The van der Waals surface area contributed by atoms with Crippen molar-refractivity contribution in [2.45, 2.75) is 52.6 Å². The third kappa shape index (κ3) is 3.61. The molecular weight excluding hydrogens is 268 g/mol. The van der Waals surface area contributed by atoms with Crippen molar-refractivity contribution in [3.63, 3.8) is 0 Å². The zero-order valence-electron chi connectivity index (χ0n) is 12.8. The summed E-state index contributed by atoms with van der Waals surface area (Å²) in [5, 5.41) is 12.7. The highest BCUT2D eigenvalue weighted by Gasteiger charge is 2.22. The van der Waals surface area contributed by atoms with Crippen molar-refractivity contribution in [2.24, 2.45) is 0 Å². The van der Waals surface area contributed by atoms with Crippen LogP contribution in [0.3, 0.4) is 0 Å². The van der Waals surface area contributed by atoms with Gasteiger partial charge in [0.2, 0.25) is 0 Å². The Kier molecular flexibility index (Phi) is 4.50. The smallest absolute Gasteiger partial charge is 0.0985 e. The van der Waals surface area contributed by atoms with E-state index in [1.807, 2.05) is 12.1 Å². The Morgan fingerprint density at radius 3 is 2.65 bits per heavy atom. The topological polar surface area (TPSA) is 50.7 Å². The standard InChI is InChI=1S/C15H22N4S/c1-10(16-9-12-7-6-8-17-19-12)13-11(2)18-14(20-13)15(3,4)5/h6-8,10,16H,9H2,1-5H3. The van der Waals surface area contributed by atoms with Crippen molar-refractivity contribution >= 4 is 11.3 Å². The maximum Gasteiger partial charge on any atom is 0.0985 e. The van der Waals surface area contributed by atoms with Crippen LogP contribution in [-0.2, 0) is 12.0 Å². The van der Waals surface area contributed by atoms with E-state index in [2.05, 4.69) is 50.1 Å². The van der Waals surface area contributed by atoms with E-state index in [1.165, 1.54) is 9.88 Å². The van der Waals surface area contributed by atoms with Gasteiger partial charge in [-0.3, -0.25) is 0 Å². The van der Waals surface area contributed by atoms with E-state index >= 15 is 0 Å². The van der Waals surface area contributed by atoms with Gasteiger partial charge in [0.25, 0.3) is 0 Å². The minimum atomic E-state index is 0.109. The van der Waals surface area contributed by atoms with E-state index in [0.29, 0.717) is 0 Å². The first kappa shape index (κ1) is 15.1. The van der Waals surface area contributed by atoms with Crippen LogP contribution in [0.25, 0.3) is 0 Å². The van der Waals surface area contributed by atoms with E-state index in [4.69, 9.17) is 4.98 Å². The number of nitrogens with zero attached hydrogens (tertiary/aromatic N) is 3. The quantitative estimate of drug-likeness (QED) is 0.937. The number of aryl methyl sites for hydroxylation is 1. The third-order valence-corrected chi connectivity index (χ3v) is 4.85. The van der Waals surface area contributed by atoms with Gasteiger partial charge < -0.3 is 5.32 Å². The van der Waals surface area contributed by atoms with E-state index in [1.54, 1.807) is 17.5 Å². The van der Waals surface area contributed by atoms with Gasteiger partial charge in [-0.25, -0.2) is 4.98 Å². The molecular formula is C15H22N4S. The van der Waals surface area contributed by atoms with Gasteiger partial charge >= 0.3 is 0 Å². The molecule has 0 aliphatic heterocycles. The molecule has 2 aromatic heterocycles. The van der Waals surface area contributed by atoms with E-state index in [-0.39, 0.29) is 11.5 Å². The molecule has 0 spiro atoms. The number of hydrogen-bond donors (Lipinski definition) is 1. The number of nitrogens with one attached hydrogen (secondary N) is 1. The lowest BCUT2D eigenvalue weighted by molar-refractivity contribution is 0.567. The van der Waals surface area contributed by atoms with Crippen LogP contribution in [0.15, 0.2) is 18.3 Å². The largest absolute Gasteiger partial charge is 0.304 e. The van der Waals surface area contributed by atoms with Gasteiger partial charge in [-0.1, -0.05) is 20.8 Å². The van der Waals surface area contributed by atoms with Crippen LogP contribution in [0.5, 0.6) is 0 Å². The molecule has 0 aliphatic rings. The normalized spacial score (nSPS) is 13.4. The fourth-order valence-electron chi connectivity index (χ4n) is 1.91.